The van der Waals surface area contributed by atoms with Crippen molar-refractivity contribution in [3.63, 3.8) is 0 Å². The van der Waals surface area contributed by atoms with Crippen molar-refractivity contribution in [1.29, 1.82) is 0 Å². The van der Waals surface area contributed by atoms with Crippen LogP contribution in [0.25, 0.3) is 0 Å². The fourth-order valence-electron chi connectivity index (χ4n) is 2.78. The molecule has 4 nitrogen and oxygen atoms in total. The van der Waals surface area contributed by atoms with Crippen LogP contribution in [0.3, 0.4) is 0 Å². The largest absolute Gasteiger partial charge is 0.444 e. The second-order valence-corrected chi connectivity index (χ2v) is 6.90. The Morgan fingerprint density at radius 2 is 1.90 bits per heavy atom. The normalized spacial score (nSPS) is 22.4. The van der Waals surface area contributed by atoms with Gasteiger partial charge in [-0.25, -0.2) is 4.79 Å². The standard InChI is InChI=1S/C17H26N2O2/c1-12-5-7-13(8-6-12)15-11-19(10-14(15)9-18)16(20)21-17(2,3)4/h5-8,14-15H,9-11,18H2,1-4H3. The Hall–Kier alpha value is -1.55. The minimum Gasteiger partial charge on any atom is -0.444 e. The average molecular weight is 290 g/mol. The third-order valence-electron chi connectivity index (χ3n) is 3.90. The van der Waals surface area contributed by atoms with Crippen LogP contribution < -0.4 is 5.73 Å². The summed E-state index contributed by atoms with van der Waals surface area (Å²) in [5, 5.41) is 0. The smallest absolute Gasteiger partial charge is 0.410 e. The minimum atomic E-state index is -0.461. The number of benzene rings is 1. The summed E-state index contributed by atoms with van der Waals surface area (Å²) in [4.78, 5) is 14.0. The Labute approximate surface area is 127 Å². The quantitative estimate of drug-likeness (QED) is 0.911. The number of hydrogen-bond donors (Lipinski definition) is 1. The van der Waals surface area contributed by atoms with E-state index < -0.39 is 5.60 Å². The summed E-state index contributed by atoms with van der Waals surface area (Å²) >= 11 is 0. The molecule has 2 rings (SSSR count). The van der Waals surface area contributed by atoms with Gasteiger partial charge in [-0.3, -0.25) is 0 Å². The third kappa shape index (κ3) is 3.97. The molecule has 1 fully saturated rings. The lowest BCUT2D eigenvalue weighted by molar-refractivity contribution is 0.0287. The Bertz CT molecular complexity index is 491. The molecule has 1 amide bonds. The molecule has 21 heavy (non-hydrogen) atoms. The highest BCUT2D eigenvalue weighted by molar-refractivity contribution is 5.68. The number of hydrogen-bond acceptors (Lipinski definition) is 3. The van der Waals surface area contributed by atoms with Crippen molar-refractivity contribution in [2.24, 2.45) is 11.7 Å². The van der Waals surface area contributed by atoms with Gasteiger partial charge in [0.1, 0.15) is 5.60 Å². The summed E-state index contributed by atoms with van der Waals surface area (Å²) in [5.74, 6) is 0.586. The van der Waals surface area contributed by atoms with Gasteiger partial charge in [0.15, 0.2) is 0 Å². The van der Waals surface area contributed by atoms with E-state index in [-0.39, 0.29) is 6.09 Å². The Morgan fingerprint density at radius 3 is 2.43 bits per heavy atom. The molecule has 1 aromatic carbocycles. The molecule has 0 aliphatic carbocycles. The van der Waals surface area contributed by atoms with Gasteiger partial charge in [-0.05, 0) is 45.7 Å². The molecule has 1 heterocycles. The number of carbonyl (C=O) groups excluding carboxylic acids is 1. The predicted octanol–water partition coefficient (Wildman–Crippen LogP) is 2.90. The van der Waals surface area contributed by atoms with Gasteiger partial charge in [0.2, 0.25) is 0 Å². The highest BCUT2D eigenvalue weighted by atomic mass is 16.6. The third-order valence-corrected chi connectivity index (χ3v) is 3.90. The maximum absolute atomic E-state index is 12.2. The van der Waals surface area contributed by atoms with E-state index in [1.54, 1.807) is 4.90 Å². The maximum atomic E-state index is 12.2. The minimum absolute atomic E-state index is 0.240. The van der Waals surface area contributed by atoms with Crippen LogP contribution in [-0.2, 0) is 4.74 Å². The SMILES string of the molecule is Cc1ccc(C2CN(C(=O)OC(C)(C)C)CC2CN)cc1. The fourth-order valence-corrected chi connectivity index (χ4v) is 2.78. The van der Waals surface area contributed by atoms with Crippen molar-refractivity contribution in [2.45, 2.75) is 39.2 Å². The first-order chi connectivity index (χ1) is 9.80. The van der Waals surface area contributed by atoms with E-state index in [0.717, 1.165) is 0 Å². The maximum Gasteiger partial charge on any atom is 0.410 e. The van der Waals surface area contributed by atoms with Gasteiger partial charge in [0.25, 0.3) is 0 Å². The van der Waals surface area contributed by atoms with Gasteiger partial charge in [-0.1, -0.05) is 29.8 Å². The molecule has 0 spiro atoms. The highest BCUT2D eigenvalue weighted by Crippen LogP contribution is 2.33. The molecule has 1 aliphatic rings. The molecule has 0 saturated carbocycles. The second kappa shape index (κ2) is 6.06. The van der Waals surface area contributed by atoms with E-state index >= 15 is 0 Å². The van der Waals surface area contributed by atoms with Gasteiger partial charge >= 0.3 is 6.09 Å². The predicted molar refractivity (Wildman–Crippen MR) is 84.3 cm³/mol. The zero-order valence-corrected chi connectivity index (χ0v) is 13.4. The van der Waals surface area contributed by atoms with Crippen LogP contribution in [0.15, 0.2) is 24.3 Å². The summed E-state index contributed by atoms with van der Waals surface area (Å²) in [6.07, 6.45) is -0.240. The summed E-state index contributed by atoms with van der Waals surface area (Å²) in [6, 6.07) is 8.50. The number of amides is 1. The van der Waals surface area contributed by atoms with Gasteiger partial charge in [-0.15, -0.1) is 0 Å². The number of aryl methyl sites for hydroxylation is 1. The number of likely N-dealkylation sites (tertiary alicyclic amines) is 1. The number of nitrogens with two attached hydrogens (primary N) is 1. The lowest BCUT2D eigenvalue weighted by atomic mass is 9.89. The topological polar surface area (TPSA) is 55.6 Å². The zero-order valence-electron chi connectivity index (χ0n) is 13.4. The van der Waals surface area contributed by atoms with E-state index in [4.69, 9.17) is 10.5 Å². The molecule has 0 aromatic heterocycles. The molecular weight excluding hydrogens is 264 g/mol. The van der Waals surface area contributed by atoms with E-state index in [1.807, 2.05) is 20.8 Å². The first-order valence-corrected chi connectivity index (χ1v) is 7.54. The molecule has 0 bridgehead atoms. The molecule has 116 valence electrons. The Morgan fingerprint density at radius 1 is 1.29 bits per heavy atom. The summed E-state index contributed by atoms with van der Waals surface area (Å²) in [5.41, 5.74) is 7.93. The zero-order chi connectivity index (χ0) is 15.6. The highest BCUT2D eigenvalue weighted by Gasteiger charge is 2.37. The lowest BCUT2D eigenvalue weighted by Gasteiger charge is -2.24. The van der Waals surface area contributed by atoms with Gasteiger partial charge in [0, 0.05) is 19.0 Å². The second-order valence-electron chi connectivity index (χ2n) is 6.90. The van der Waals surface area contributed by atoms with Crippen molar-refractivity contribution in [2.75, 3.05) is 19.6 Å². The molecule has 4 heteroatoms. The Kier molecular flexibility index (Phi) is 4.57. The van der Waals surface area contributed by atoms with Crippen LogP contribution in [0.5, 0.6) is 0 Å². The van der Waals surface area contributed by atoms with Crippen LogP contribution >= 0.6 is 0 Å². The lowest BCUT2D eigenvalue weighted by Crippen LogP contribution is -2.35. The molecule has 1 saturated heterocycles. The molecule has 2 unspecified atom stereocenters. The van der Waals surface area contributed by atoms with E-state index in [9.17, 15) is 4.79 Å². The van der Waals surface area contributed by atoms with Crippen molar-refractivity contribution >= 4 is 6.09 Å². The van der Waals surface area contributed by atoms with Crippen molar-refractivity contribution in [3.05, 3.63) is 35.4 Å². The van der Waals surface area contributed by atoms with Crippen molar-refractivity contribution < 1.29 is 9.53 Å². The summed E-state index contributed by atoms with van der Waals surface area (Å²) in [6.45, 7) is 9.67. The molecule has 1 aromatic rings. The fraction of sp³-hybridized carbons (Fsp3) is 0.588. The Balaban J connectivity index is 2.10. The van der Waals surface area contributed by atoms with Gasteiger partial charge < -0.3 is 15.4 Å². The molecule has 0 radical (unpaired) electrons. The van der Waals surface area contributed by atoms with Crippen molar-refractivity contribution in [1.82, 2.24) is 4.90 Å². The van der Waals surface area contributed by atoms with Gasteiger partial charge in [-0.2, -0.15) is 0 Å². The van der Waals surface area contributed by atoms with Crippen LogP contribution in [0.4, 0.5) is 4.79 Å². The van der Waals surface area contributed by atoms with Crippen molar-refractivity contribution in [3.8, 4) is 0 Å². The van der Waals surface area contributed by atoms with Crippen LogP contribution in [0, 0.1) is 12.8 Å². The number of rotatable bonds is 2. The molecule has 2 atom stereocenters. The van der Waals surface area contributed by atoms with Crippen LogP contribution in [0.2, 0.25) is 0 Å². The van der Waals surface area contributed by atoms with E-state index in [0.29, 0.717) is 31.5 Å². The summed E-state index contributed by atoms with van der Waals surface area (Å²) < 4.78 is 5.46. The van der Waals surface area contributed by atoms with Gasteiger partial charge in [0.05, 0.1) is 0 Å². The molecule has 2 N–H and O–H groups in total. The molecular formula is C17H26N2O2. The van der Waals surface area contributed by atoms with E-state index in [2.05, 4.69) is 31.2 Å². The average Bonchev–Trinajstić information content (AvgIpc) is 2.82. The number of nitrogens with zero attached hydrogens (tertiary/aromatic N) is 1. The number of carbonyl (C=O) groups is 1. The molecule has 1 aliphatic heterocycles. The summed E-state index contributed by atoms with van der Waals surface area (Å²) in [7, 11) is 0. The van der Waals surface area contributed by atoms with Crippen LogP contribution in [0.1, 0.15) is 37.8 Å². The van der Waals surface area contributed by atoms with Crippen LogP contribution in [-0.4, -0.2) is 36.2 Å². The number of ether oxygens (including phenoxy) is 1. The first-order valence-electron chi connectivity index (χ1n) is 7.54. The first kappa shape index (κ1) is 15.8. The van der Waals surface area contributed by atoms with E-state index in [1.165, 1.54) is 11.1 Å². The monoisotopic (exact) mass is 290 g/mol.